The van der Waals surface area contributed by atoms with Crippen molar-refractivity contribution < 1.29 is 4.79 Å². The monoisotopic (exact) mass is 261 g/mol. The van der Waals surface area contributed by atoms with Crippen molar-refractivity contribution in [1.82, 2.24) is 0 Å². The Balaban J connectivity index is 2.66. The zero-order chi connectivity index (χ0) is 11.3. The fraction of sp³-hybridized carbons (Fsp3) is 0.400. The molecule has 0 fully saturated rings. The molecule has 15 heavy (non-hydrogen) atoms. The number of hydrogen-bond donors (Lipinski definition) is 0. The zero-order valence-corrected chi connectivity index (χ0v) is 11.0. The van der Waals surface area contributed by atoms with E-state index in [4.69, 9.17) is 11.6 Å². The molecule has 0 unspecified atom stereocenters. The number of halogens is 1. The molecule has 0 aliphatic carbocycles. The number of rotatable bonds is 4. The lowest BCUT2D eigenvalue weighted by Gasteiger charge is -2.00. The van der Waals surface area contributed by atoms with Gasteiger partial charge in [0.05, 0.1) is 15.8 Å². The van der Waals surface area contributed by atoms with Gasteiger partial charge in [0.1, 0.15) is 0 Å². The number of ketones is 1. The van der Waals surface area contributed by atoms with E-state index in [1.165, 1.54) is 23.1 Å². The Labute approximate surface area is 103 Å². The maximum Gasteiger partial charge on any atom is 0.170 e. The molecule has 2 nitrogen and oxygen atoms in total. The fourth-order valence-corrected chi connectivity index (χ4v) is 2.48. The van der Waals surface area contributed by atoms with E-state index in [0.29, 0.717) is 22.9 Å². The highest BCUT2D eigenvalue weighted by Crippen LogP contribution is 2.21. The number of carbonyl (C=O) groups excluding carboxylic acids is 1. The van der Waals surface area contributed by atoms with E-state index in [2.05, 4.69) is 4.99 Å². The third-order valence-corrected chi connectivity index (χ3v) is 3.61. The van der Waals surface area contributed by atoms with Crippen LogP contribution in [0.2, 0.25) is 4.34 Å². The van der Waals surface area contributed by atoms with E-state index in [0.717, 1.165) is 5.04 Å². The number of Topliss-reactive ketones (excluding diaryl/α,β-unsaturated/α-hetero) is 1. The molecule has 0 saturated heterocycles. The van der Waals surface area contributed by atoms with Crippen molar-refractivity contribution in [2.75, 3.05) is 12.8 Å². The van der Waals surface area contributed by atoms with Gasteiger partial charge in [-0.1, -0.05) is 11.6 Å². The molecule has 0 radical (unpaired) electrons. The minimum atomic E-state index is 0.0831. The molecule has 0 atom stereocenters. The second-order valence-electron chi connectivity index (χ2n) is 2.81. The Morgan fingerprint density at radius 2 is 2.40 bits per heavy atom. The summed E-state index contributed by atoms with van der Waals surface area (Å²) in [4.78, 5) is 16.0. The Hall–Kier alpha value is -0.320. The summed E-state index contributed by atoms with van der Waals surface area (Å²) in [7, 11) is 0. The van der Waals surface area contributed by atoms with Crippen molar-refractivity contribution in [3.8, 4) is 0 Å². The van der Waals surface area contributed by atoms with Gasteiger partial charge in [-0.25, -0.2) is 0 Å². The van der Waals surface area contributed by atoms with Crippen LogP contribution in [0.25, 0.3) is 0 Å². The van der Waals surface area contributed by atoms with E-state index < -0.39 is 0 Å². The maximum atomic E-state index is 11.8. The van der Waals surface area contributed by atoms with Crippen LogP contribution in [0.5, 0.6) is 0 Å². The second-order valence-corrected chi connectivity index (χ2v) is 5.23. The molecule has 1 rings (SSSR count). The van der Waals surface area contributed by atoms with Gasteiger partial charge in [-0.05, 0) is 19.2 Å². The van der Waals surface area contributed by atoms with Crippen molar-refractivity contribution in [3.05, 3.63) is 21.3 Å². The summed E-state index contributed by atoms with van der Waals surface area (Å²) < 4.78 is 0.650. The number of carbonyl (C=O) groups is 1. The van der Waals surface area contributed by atoms with Gasteiger partial charge in [0.25, 0.3) is 0 Å². The van der Waals surface area contributed by atoms with Crippen LogP contribution in [0.4, 0.5) is 0 Å². The normalized spacial score (nSPS) is 11.8. The van der Waals surface area contributed by atoms with Gasteiger partial charge < -0.3 is 0 Å². The average Bonchev–Trinajstić information content (AvgIpc) is 2.64. The highest BCUT2D eigenvalue weighted by atomic mass is 35.5. The highest BCUT2D eigenvalue weighted by molar-refractivity contribution is 8.13. The quantitative estimate of drug-likeness (QED) is 0.469. The summed E-state index contributed by atoms with van der Waals surface area (Å²) in [5.41, 5.74) is 0.683. The lowest BCUT2D eigenvalue weighted by atomic mass is 10.2. The summed E-state index contributed by atoms with van der Waals surface area (Å²) in [6.07, 6.45) is 2.31. The summed E-state index contributed by atoms with van der Waals surface area (Å²) in [6, 6.07) is 1.71. The molecule has 0 amide bonds. The van der Waals surface area contributed by atoms with Crippen LogP contribution < -0.4 is 0 Å². The van der Waals surface area contributed by atoms with E-state index in [1.54, 1.807) is 11.4 Å². The van der Waals surface area contributed by atoms with Crippen LogP contribution in [0.1, 0.15) is 23.7 Å². The van der Waals surface area contributed by atoms with Crippen molar-refractivity contribution in [1.29, 1.82) is 0 Å². The molecule has 0 N–H and O–H groups in total. The SMILES string of the molecule is CCN=C(CC(=O)c1csc(Cl)c1)SC. The van der Waals surface area contributed by atoms with Crippen molar-refractivity contribution in [3.63, 3.8) is 0 Å². The third kappa shape index (κ3) is 3.97. The molecule has 82 valence electrons. The Morgan fingerprint density at radius 1 is 1.67 bits per heavy atom. The highest BCUT2D eigenvalue weighted by Gasteiger charge is 2.11. The van der Waals surface area contributed by atoms with Gasteiger partial charge in [-0.3, -0.25) is 9.79 Å². The van der Waals surface area contributed by atoms with Gasteiger partial charge >= 0.3 is 0 Å². The molecule has 1 aromatic rings. The van der Waals surface area contributed by atoms with E-state index in [9.17, 15) is 4.79 Å². The smallest absolute Gasteiger partial charge is 0.170 e. The lowest BCUT2D eigenvalue weighted by molar-refractivity contribution is 0.100. The molecule has 0 bridgehead atoms. The summed E-state index contributed by atoms with van der Waals surface area (Å²) in [5.74, 6) is 0.0831. The molecule has 0 aliphatic heterocycles. The molecule has 0 aliphatic rings. The zero-order valence-electron chi connectivity index (χ0n) is 8.62. The summed E-state index contributed by atoms with van der Waals surface area (Å²) >= 11 is 8.67. The van der Waals surface area contributed by atoms with Crippen LogP contribution in [0.3, 0.4) is 0 Å². The fourth-order valence-electron chi connectivity index (χ4n) is 1.06. The van der Waals surface area contributed by atoms with Crippen LogP contribution in [-0.4, -0.2) is 23.6 Å². The van der Waals surface area contributed by atoms with Crippen LogP contribution in [0.15, 0.2) is 16.4 Å². The van der Waals surface area contributed by atoms with Gasteiger partial charge in [0.2, 0.25) is 0 Å². The van der Waals surface area contributed by atoms with Crippen LogP contribution in [-0.2, 0) is 0 Å². The molecule has 1 aromatic heterocycles. The second kappa shape index (κ2) is 6.30. The molecule has 1 heterocycles. The Morgan fingerprint density at radius 3 is 2.87 bits per heavy atom. The maximum absolute atomic E-state index is 11.8. The van der Waals surface area contributed by atoms with E-state index in [-0.39, 0.29) is 5.78 Å². The molecule has 5 heteroatoms. The predicted molar refractivity (Wildman–Crippen MR) is 69.8 cm³/mol. The minimum Gasteiger partial charge on any atom is -0.294 e. The Kier molecular flexibility index (Phi) is 5.36. The first-order chi connectivity index (χ1) is 7.17. The van der Waals surface area contributed by atoms with Crippen molar-refractivity contribution >= 4 is 45.5 Å². The number of thiophene rings is 1. The van der Waals surface area contributed by atoms with Gasteiger partial charge in [-0.2, -0.15) is 0 Å². The van der Waals surface area contributed by atoms with Gasteiger partial charge in [0.15, 0.2) is 5.78 Å². The molecule has 0 spiro atoms. The molecular formula is C10H12ClNOS2. The van der Waals surface area contributed by atoms with Gasteiger partial charge in [-0.15, -0.1) is 23.1 Å². The molecule has 0 aromatic carbocycles. The van der Waals surface area contributed by atoms with E-state index in [1.807, 2.05) is 13.2 Å². The number of thioether (sulfide) groups is 1. The van der Waals surface area contributed by atoms with Gasteiger partial charge in [0, 0.05) is 17.5 Å². The minimum absolute atomic E-state index is 0.0831. The standard InChI is InChI=1S/C10H12ClNOS2/c1-3-12-10(14-2)5-8(13)7-4-9(11)15-6-7/h4,6H,3,5H2,1-2H3. The lowest BCUT2D eigenvalue weighted by Crippen LogP contribution is -2.04. The largest absolute Gasteiger partial charge is 0.294 e. The summed E-state index contributed by atoms with van der Waals surface area (Å²) in [5, 5.41) is 2.67. The topological polar surface area (TPSA) is 29.4 Å². The number of hydrogen-bond acceptors (Lipinski definition) is 4. The van der Waals surface area contributed by atoms with E-state index >= 15 is 0 Å². The first kappa shape index (κ1) is 12.7. The van der Waals surface area contributed by atoms with Crippen LogP contribution in [0, 0.1) is 0 Å². The Bertz CT molecular complexity index is 373. The molecular weight excluding hydrogens is 250 g/mol. The van der Waals surface area contributed by atoms with Crippen molar-refractivity contribution in [2.24, 2.45) is 4.99 Å². The van der Waals surface area contributed by atoms with Crippen LogP contribution >= 0.6 is 34.7 Å². The number of nitrogens with zero attached hydrogens (tertiary/aromatic N) is 1. The predicted octanol–water partition coefficient (Wildman–Crippen LogP) is 3.76. The van der Waals surface area contributed by atoms with Crippen molar-refractivity contribution in [2.45, 2.75) is 13.3 Å². The third-order valence-electron chi connectivity index (χ3n) is 1.77. The summed E-state index contributed by atoms with van der Waals surface area (Å²) in [6.45, 7) is 2.68. The number of aliphatic imine (C=N–C) groups is 1. The first-order valence-electron chi connectivity index (χ1n) is 4.52. The average molecular weight is 262 g/mol. The first-order valence-corrected chi connectivity index (χ1v) is 7.00. The molecule has 0 saturated carbocycles.